The Bertz CT molecular complexity index is 307. The molecule has 1 fully saturated rings. The van der Waals surface area contributed by atoms with E-state index in [4.69, 9.17) is 0 Å². The van der Waals surface area contributed by atoms with Gasteiger partial charge in [0, 0.05) is 26.1 Å². The van der Waals surface area contributed by atoms with Crippen molar-refractivity contribution in [3.8, 4) is 0 Å². The third kappa shape index (κ3) is 3.70. The lowest BCUT2D eigenvalue weighted by Crippen LogP contribution is -2.48. The van der Waals surface area contributed by atoms with E-state index in [1.54, 1.807) is 0 Å². The van der Waals surface area contributed by atoms with Crippen LogP contribution in [0.15, 0.2) is 0 Å². The highest BCUT2D eigenvalue weighted by Crippen LogP contribution is 2.33. The Labute approximate surface area is 109 Å². The van der Waals surface area contributed by atoms with E-state index in [2.05, 4.69) is 10.2 Å². The summed E-state index contributed by atoms with van der Waals surface area (Å²) >= 11 is 0. The van der Waals surface area contributed by atoms with Crippen LogP contribution >= 0.6 is 0 Å². The molecule has 18 heavy (non-hydrogen) atoms. The summed E-state index contributed by atoms with van der Waals surface area (Å²) < 4.78 is 0. The summed E-state index contributed by atoms with van der Waals surface area (Å²) in [5, 5.41) is 12.1. The molecule has 0 bridgehead atoms. The van der Waals surface area contributed by atoms with E-state index in [9.17, 15) is 14.7 Å². The van der Waals surface area contributed by atoms with Gasteiger partial charge in [-0.2, -0.15) is 0 Å². The number of carbonyl (C=O) groups is 2. The summed E-state index contributed by atoms with van der Waals surface area (Å²) in [5.41, 5.74) is -0.612. The molecule has 1 saturated heterocycles. The molecule has 1 unspecified atom stereocenters. The van der Waals surface area contributed by atoms with Crippen LogP contribution in [0.2, 0.25) is 0 Å². The molecular formula is C13H24N2O3. The maximum Gasteiger partial charge on any atom is 0.310 e. The molecule has 1 aliphatic heterocycles. The van der Waals surface area contributed by atoms with E-state index in [0.717, 1.165) is 19.4 Å². The van der Waals surface area contributed by atoms with Gasteiger partial charge in [0.1, 0.15) is 0 Å². The second kappa shape index (κ2) is 6.73. The van der Waals surface area contributed by atoms with Crippen LogP contribution in [0.5, 0.6) is 0 Å². The Morgan fingerprint density at radius 2 is 2.11 bits per heavy atom. The minimum atomic E-state index is -0.701. The van der Waals surface area contributed by atoms with Crippen LogP contribution in [0.3, 0.4) is 0 Å². The van der Waals surface area contributed by atoms with Crippen molar-refractivity contribution in [3.63, 3.8) is 0 Å². The van der Waals surface area contributed by atoms with E-state index in [1.165, 1.54) is 0 Å². The summed E-state index contributed by atoms with van der Waals surface area (Å²) in [7, 11) is 0. The lowest BCUT2D eigenvalue weighted by atomic mass is 9.77. The third-order valence-corrected chi connectivity index (χ3v) is 3.82. The molecule has 2 N–H and O–H groups in total. The number of aliphatic carboxylic acids is 1. The maximum atomic E-state index is 11.4. The minimum Gasteiger partial charge on any atom is -0.481 e. The first-order valence-corrected chi connectivity index (χ1v) is 6.76. The number of nitrogens with zero attached hydrogens (tertiary/aromatic N) is 1. The first-order chi connectivity index (χ1) is 8.54. The van der Waals surface area contributed by atoms with Crippen molar-refractivity contribution in [2.75, 3.05) is 26.2 Å². The second-order valence-electron chi connectivity index (χ2n) is 5.02. The fourth-order valence-corrected chi connectivity index (χ4v) is 2.58. The second-order valence-corrected chi connectivity index (χ2v) is 5.02. The molecule has 0 aromatic carbocycles. The van der Waals surface area contributed by atoms with Crippen molar-refractivity contribution in [2.24, 2.45) is 5.41 Å². The number of likely N-dealkylation sites (tertiary alicyclic amines) is 1. The first kappa shape index (κ1) is 15.0. The smallest absolute Gasteiger partial charge is 0.310 e. The number of nitrogens with one attached hydrogen (secondary N) is 1. The summed E-state index contributed by atoms with van der Waals surface area (Å²) in [6.45, 7) is 6.59. The van der Waals surface area contributed by atoms with E-state index in [0.29, 0.717) is 32.5 Å². The molecule has 0 aromatic heterocycles. The van der Waals surface area contributed by atoms with Gasteiger partial charge in [-0.15, -0.1) is 0 Å². The number of hydrogen-bond acceptors (Lipinski definition) is 3. The molecule has 0 aliphatic carbocycles. The van der Waals surface area contributed by atoms with E-state index < -0.39 is 11.4 Å². The largest absolute Gasteiger partial charge is 0.481 e. The first-order valence-electron chi connectivity index (χ1n) is 6.76. The van der Waals surface area contributed by atoms with Gasteiger partial charge in [-0.05, 0) is 32.7 Å². The van der Waals surface area contributed by atoms with Gasteiger partial charge in [0.2, 0.25) is 5.91 Å². The highest BCUT2D eigenvalue weighted by Gasteiger charge is 2.40. The molecule has 1 heterocycles. The van der Waals surface area contributed by atoms with Crippen molar-refractivity contribution in [1.29, 1.82) is 0 Å². The summed E-state index contributed by atoms with van der Waals surface area (Å²) in [6.07, 6.45) is 2.75. The van der Waals surface area contributed by atoms with Gasteiger partial charge >= 0.3 is 5.97 Å². The van der Waals surface area contributed by atoms with Crippen molar-refractivity contribution in [1.82, 2.24) is 10.2 Å². The molecular weight excluding hydrogens is 232 g/mol. The van der Waals surface area contributed by atoms with Gasteiger partial charge < -0.3 is 15.3 Å². The van der Waals surface area contributed by atoms with Crippen LogP contribution < -0.4 is 5.32 Å². The highest BCUT2D eigenvalue weighted by molar-refractivity contribution is 5.76. The van der Waals surface area contributed by atoms with Crippen molar-refractivity contribution in [2.45, 2.75) is 39.5 Å². The molecule has 104 valence electrons. The zero-order valence-electron chi connectivity index (χ0n) is 11.4. The van der Waals surface area contributed by atoms with Crippen LogP contribution in [0.25, 0.3) is 0 Å². The van der Waals surface area contributed by atoms with Crippen LogP contribution in [0.1, 0.15) is 39.5 Å². The number of hydrogen-bond donors (Lipinski definition) is 2. The fourth-order valence-electron chi connectivity index (χ4n) is 2.58. The zero-order chi connectivity index (χ0) is 13.6. The van der Waals surface area contributed by atoms with Gasteiger partial charge in [0.15, 0.2) is 0 Å². The molecule has 0 radical (unpaired) electrons. The predicted octanol–water partition coefficient (Wildman–Crippen LogP) is 1.09. The zero-order valence-corrected chi connectivity index (χ0v) is 11.4. The number of piperidine rings is 1. The Hall–Kier alpha value is -1.10. The molecule has 0 saturated carbocycles. The quantitative estimate of drug-likeness (QED) is 0.746. The van der Waals surface area contributed by atoms with Crippen molar-refractivity contribution in [3.05, 3.63) is 0 Å². The molecule has 1 aliphatic rings. The van der Waals surface area contributed by atoms with Gasteiger partial charge in [0.25, 0.3) is 0 Å². The summed E-state index contributed by atoms with van der Waals surface area (Å²) in [6, 6.07) is 0. The molecule has 1 rings (SSSR count). The number of rotatable bonds is 6. The average Bonchev–Trinajstić information content (AvgIpc) is 2.36. The third-order valence-electron chi connectivity index (χ3n) is 3.82. The Morgan fingerprint density at radius 1 is 1.39 bits per heavy atom. The van der Waals surface area contributed by atoms with Crippen LogP contribution in [0.4, 0.5) is 0 Å². The van der Waals surface area contributed by atoms with Crippen molar-refractivity contribution < 1.29 is 14.7 Å². The van der Waals surface area contributed by atoms with Gasteiger partial charge in [-0.1, -0.05) is 6.92 Å². The van der Waals surface area contributed by atoms with Gasteiger partial charge in [0.05, 0.1) is 5.41 Å². The highest BCUT2D eigenvalue weighted by atomic mass is 16.4. The number of carbonyl (C=O) groups excluding carboxylic acids is 1. The topological polar surface area (TPSA) is 69.6 Å². The average molecular weight is 256 g/mol. The molecule has 5 heteroatoms. The van der Waals surface area contributed by atoms with E-state index in [1.807, 2.05) is 13.8 Å². The summed E-state index contributed by atoms with van der Waals surface area (Å²) in [5.74, 6) is -0.659. The predicted molar refractivity (Wildman–Crippen MR) is 69.3 cm³/mol. The standard InChI is InChI=1S/C13H24N2O3/c1-3-13(12(17)18)7-5-8-15(10-13)9-6-11(16)14-4-2/h3-10H2,1-2H3,(H,14,16)(H,17,18). The fraction of sp³-hybridized carbons (Fsp3) is 0.846. The SMILES string of the molecule is CCNC(=O)CCN1CCCC(CC)(C(=O)O)C1. The summed E-state index contributed by atoms with van der Waals surface area (Å²) in [4.78, 5) is 24.9. The molecule has 1 amide bonds. The minimum absolute atomic E-state index is 0.0421. The van der Waals surface area contributed by atoms with E-state index >= 15 is 0 Å². The number of carboxylic acids is 1. The maximum absolute atomic E-state index is 11.4. The monoisotopic (exact) mass is 256 g/mol. The van der Waals surface area contributed by atoms with E-state index in [-0.39, 0.29) is 5.91 Å². The Balaban J connectivity index is 2.48. The normalized spacial score (nSPS) is 24.8. The molecule has 5 nitrogen and oxygen atoms in total. The lowest BCUT2D eigenvalue weighted by Gasteiger charge is -2.39. The van der Waals surface area contributed by atoms with Crippen molar-refractivity contribution >= 4 is 11.9 Å². The number of amides is 1. The van der Waals surface area contributed by atoms with Crippen LogP contribution in [-0.2, 0) is 9.59 Å². The molecule has 1 atom stereocenters. The molecule has 0 spiro atoms. The Morgan fingerprint density at radius 3 is 2.67 bits per heavy atom. The lowest BCUT2D eigenvalue weighted by molar-refractivity contribution is -0.152. The number of carboxylic acid groups (broad SMARTS) is 1. The van der Waals surface area contributed by atoms with Gasteiger partial charge in [-0.25, -0.2) is 0 Å². The van der Waals surface area contributed by atoms with Crippen LogP contribution in [-0.4, -0.2) is 48.1 Å². The van der Waals surface area contributed by atoms with Gasteiger partial charge in [-0.3, -0.25) is 9.59 Å². The van der Waals surface area contributed by atoms with Crippen LogP contribution in [0, 0.1) is 5.41 Å². The Kier molecular flexibility index (Phi) is 5.59. The molecule has 0 aromatic rings.